The molecule has 0 saturated carbocycles. The number of halogens is 1. The van der Waals surface area contributed by atoms with E-state index in [9.17, 15) is 14.7 Å². The topological polar surface area (TPSA) is 69.6 Å². The van der Waals surface area contributed by atoms with Crippen LogP contribution in [0.25, 0.3) is 0 Å². The van der Waals surface area contributed by atoms with E-state index in [0.29, 0.717) is 36.5 Å². The first-order valence-electron chi connectivity index (χ1n) is 6.91. The zero-order chi connectivity index (χ0) is 15.5. The molecule has 114 valence electrons. The Morgan fingerprint density at radius 3 is 2.43 bits per heavy atom. The average molecular weight is 311 g/mol. The Hall–Kier alpha value is -1.59. The van der Waals surface area contributed by atoms with Gasteiger partial charge in [0.15, 0.2) is 0 Å². The Labute approximate surface area is 128 Å². The summed E-state index contributed by atoms with van der Waals surface area (Å²) in [7, 11) is 0. The Morgan fingerprint density at radius 2 is 1.86 bits per heavy atom. The minimum atomic E-state index is -0.691. The van der Waals surface area contributed by atoms with Crippen molar-refractivity contribution in [1.29, 1.82) is 0 Å². The van der Waals surface area contributed by atoms with Gasteiger partial charge >= 0.3 is 0 Å². The summed E-state index contributed by atoms with van der Waals surface area (Å²) < 4.78 is 0. The molecule has 2 N–H and O–H groups in total. The predicted octanol–water partition coefficient (Wildman–Crippen LogP) is 1.44. The van der Waals surface area contributed by atoms with Gasteiger partial charge in [-0.15, -0.1) is 0 Å². The number of likely N-dealkylation sites (tertiary alicyclic amines) is 1. The van der Waals surface area contributed by atoms with E-state index in [1.54, 1.807) is 36.1 Å². The average Bonchev–Trinajstić information content (AvgIpc) is 2.45. The number of carbonyl (C=O) groups is 2. The Kier molecular flexibility index (Phi) is 4.85. The minimum Gasteiger partial charge on any atom is -0.390 e. The van der Waals surface area contributed by atoms with Crippen LogP contribution in [-0.4, -0.2) is 47.1 Å². The Morgan fingerprint density at radius 1 is 1.29 bits per heavy atom. The molecule has 0 unspecified atom stereocenters. The molecule has 0 bridgehead atoms. The number of hydrogen-bond donors (Lipinski definition) is 2. The van der Waals surface area contributed by atoms with Crippen LogP contribution >= 0.6 is 11.6 Å². The van der Waals surface area contributed by atoms with E-state index in [2.05, 4.69) is 5.32 Å². The highest BCUT2D eigenvalue weighted by Gasteiger charge is 2.29. The van der Waals surface area contributed by atoms with Crippen molar-refractivity contribution in [2.45, 2.75) is 25.4 Å². The van der Waals surface area contributed by atoms with Gasteiger partial charge in [-0.3, -0.25) is 9.59 Å². The third-order valence-corrected chi connectivity index (χ3v) is 3.95. The minimum absolute atomic E-state index is 0.0381. The van der Waals surface area contributed by atoms with Crippen LogP contribution in [0.15, 0.2) is 24.3 Å². The Bertz CT molecular complexity index is 518. The highest BCUT2D eigenvalue weighted by Crippen LogP contribution is 2.20. The van der Waals surface area contributed by atoms with Gasteiger partial charge in [-0.05, 0) is 44.0 Å². The number of nitrogens with one attached hydrogen (secondary N) is 1. The van der Waals surface area contributed by atoms with Crippen molar-refractivity contribution in [3.05, 3.63) is 34.9 Å². The lowest BCUT2D eigenvalue weighted by molar-refractivity contribution is -0.133. The molecular formula is C15H19ClN2O3. The van der Waals surface area contributed by atoms with E-state index in [1.165, 1.54) is 0 Å². The number of carbonyl (C=O) groups excluding carboxylic acids is 2. The molecule has 6 heteroatoms. The second kappa shape index (κ2) is 6.45. The summed E-state index contributed by atoms with van der Waals surface area (Å²) in [6, 6.07) is 6.48. The van der Waals surface area contributed by atoms with Crippen molar-refractivity contribution in [2.75, 3.05) is 19.6 Å². The van der Waals surface area contributed by atoms with Crippen molar-refractivity contribution < 1.29 is 14.7 Å². The third kappa shape index (κ3) is 4.44. The molecule has 0 atom stereocenters. The SMILES string of the molecule is CC1(O)CCN(C(=O)CNC(=O)c2ccc(Cl)cc2)CC1. The lowest BCUT2D eigenvalue weighted by Crippen LogP contribution is -2.48. The molecule has 0 aliphatic carbocycles. The second-order valence-corrected chi connectivity index (χ2v) is 6.00. The first kappa shape index (κ1) is 15.8. The molecular weight excluding hydrogens is 292 g/mol. The number of aliphatic hydroxyl groups is 1. The molecule has 5 nitrogen and oxygen atoms in total. The summed E-state index contributed by atoms with van der Waals surface area (Å²) in [6.07, 6.45) is 1.12. The molecule has 2 amide bonds. The van der Waals surface area contributed by atoms with E-state index in [4.69, 9.17) is 11.6 Å². The zero-order valence-electron chi connectivity index (χ0n) is 11.9. The van der Waals surface area contributed by atoms with Crippen LogP contribution in [0.2, 0.25) is 5.02 Å². The summed E-state index contributed by atoms with van der Waals surface area (Å²) in [5, 5.41) is 13.0. The number of benzene rings is 1. The van der Waals surface area contributed by atoms with Gasteiger partial charge in [-0.1, -0.05) is 11.6 Å². The third-order valence-electron chi connectivity index (χ3n) is 3.70. The summed E-state index contributed by atoms with van der Waals surface area (Å²) >= 11 is 5.76. The second-order valence-electron chi connectivity index (χ2n) is 5.57. The van der Waals surface area contributed by atoms with Crippen molar-refractivity contribution in [3.8, 4) is 0 Å². The monoisotopic (exact) mass is 310 g/mol. The normalized spacial score (nSPS) is 17.4. The first-order valence-corrected chi connectivity index (χ1v) is 7.29. The molecule has 1 saturated heterocycles. The fourth-order valence-electron chi connectivity index (χ4n) is 2.21. The fraction of sp³-hybridized carbons (Fsp3) is 0.467. The van der Waals surface area contributed by atoms with Crippen molar-refractivity contribution in [1.82, 2.24) is 10.2 Å². The van der Waals surface area contributed by atoms with Crippen molar-refractivity contribution >= 4 is 23.4 Å². The maximum absolute atomic E-state index is 12.0. The molecule has 0 spiro atoms. The van der Waals surface area contributed by atoms with Crippen LogP contribution in [0, 0.1) is 0 Å². The quantitative estimate of drug-likeness (QED) is 0.887. The molecule has 0 aromatic heterocycles. The first-order chi connectivity index (χ1) is 9.87. The largest absolute Gasteiger partial charge is 0.390 e. The van der Waals surface area contributed by atoms with Crippen LogP contribution in [0.1, 0.15) is 30.1 Å². The standard InChI is InChI=1S/C15H19ClN2O3/c1-15(21)6-8-18(9-7-15)13(19)10-17-14(20)11-2-4-12(16)5-3-11/h2-5,21H,6-10H2,1H3,(H,17,20). The zero-order valence-corrected chi connectivity index (χ0v) is 12.7. The van der Waals surface area contributed by atoms with E-state index in [1.807, 2.05) is 0 Å². The number of amides is 2. The number of hydrogen-bond acceptors (Lipinski definition) is 3. The van der Waals surface area contributed by atoms with Gasteiger partial charge < -0.3 is 15.3 Å². The van der Waals surface area contributed by atoms with Crippen molar-refractivity contribution in [3.63, 3.8) is 0 Å². The molecule has 1 aliphatic heterocycles. The summed E-state index contributed by atoms with van der Waals surface area (Å²) in [6.45, 7) is 2.77. The molecule has 1 fully saturated rings. The molecule has 0 radical (unpaired) electrons. The number of nitrogens with zero attached hydrogens (tertiary/aromatic N) is 1. The lowest BCUT2D eigenvalue weighted by Gasteiger charge is -2.35. The maximum Gasteiger partial charge on any atom is 0.251 e. The van der Waals surface area contributed by atoms with Crippen LogP contribution in [0.4, 0.5) is 0 Å². The van der Waals surface area contributed by atoms with Gasteiger partial charge in [0.2, 0.25) is 5.91 Å². The maximum atomic E-state index is 12.0. The van der Waals surface area contributed by atoms with E-state index < -0.39 is 5.60 Å². The fourth-order valence-corrected chi connectivity index (χ4v) is 2.33. The van der Waals surface area contributed by atoms with Gasteiger partial charge in [-0.2, -0.15) is 0 Å². The highest BCUT2D eigenvalue weighted by molar-refractivity contribution is 6.30. The smallest absolute Gasteiger partial charge is 0.251 e. The van der Waals surface area contributed by atoms with Crippen molar-refractivity contribution in [2.24, 2.45) is 0 Å². The van der Waals surface area contributed by atoms with Crippen LogP contribution in [0.3, 0.4) is 0 Å². The predicted molar refractivity (Wildman–Crippen MR) is 80.2 cm³/mol. The summed E-state index contributed by atoms with van der Waals surface area (Å²) in [5.74, 6) is -0.433. The molecule has 1 heterocycles. The molecule has 21 heavy (non-hydrogen) atoms. The molecule has 2 rings (SSSR count). The molecule has 1 aromatic rings. The van der Waals surface area contributed by atoms with Crippen LogP contribution in [-0.2, 0) is 4.79 Å². The van der Waals surface area contributed by atoms with E-state index in [0.717, 1.165) is 0 Å². The lowest BCUT2D eigenvalue weighted by atomic mass is 9.94. The molecule has 1 aliphatic rings. The number of rotatable bonds is 3. The van der Waals surface area contributed by atoms with Gasteiger partial charge in [-0.25, -0.2) is 0 Å². The van der Waals surface area contributed by atoms with Gasteiger partial charge in [0.05, 0.1) is 12.1 Å². The van der Waals surface area contributed by atoms with Crippen LogP contribution < -0.4 is 5.32 Å². The van der Waals surface area contributed by atoms with Gasteiger partial charge in [0.1, 0.15) is 0 Å². The summed E-state index contributed by atoms with van der Waals surface area (Å²) in [5.41, 5.74) is -0.225. The highest BCUT2D eigenvalue weighted by atomic mass is 35.5. The van der Waals surface area contributed by atoms with E-state index in [-0.39, 0.29) is 18.4 Å². The van der Waals surface area contributed by atoms with Gasteiger partial charge in [0.25, 0.3) is 5.91 Å². The summed E-state index contributed by atoms with van der Waals surface area (Å²) in [4.78, 5) is 25.6. The van der Waals surface area contributed by atoms with Crippen LogP contribution in [0.5, 0.6) is 0 Å². The van der Waals surface area contributed by atoms with E-state index >= 15 is 0 Å². The van der Waals surface area contributed by atoms with Gasteiger partial charge in [0, 0.05) is 23.7 Å². The number of piperidine rings is 1. The molecule has 1 aromatic carbocycles. The Balaban J connectivity index is 1.81.